The smallest absolute Gasteiger partial charge is 0.161 e. The van der Waals surface area contributed by atoms with Crippen LogP contribution in [0.4, 0.5) is 0 Å². The van der Waals surface area contributed by atoms with Gasteiger partial charge in [-0.2, -0.15) is 0 Å². The number of carboxylic acids is 1. The maximum Gasteiger partial charge on any atom is 0.161 e. The van der Waals surface area contributed by atoms with Crippen LogP contribution in [0.2, 0.25) is 0 Å². The van der Waals surface area contributed by atoms with Crippen LogP contribution in [-0.4, -0.2) is 11.1 Å². The Balaban J connectivity index is 0. The number of rotatable bonds is 0. The third-order valence-corrected chi connectivity index (χ3v) is 0. The zero-order valence-corrected chi connectivity index (χ0v) is 4.65. The Hall–Kier alpha value is 0.0283. The molecule has 0 fully saturated rings. The van der Waals surface area contributed by atoms with Gasteiger partial charge in [0.05, 0.1) is 0 Å². The summed E-state index contributed by atoms with van der Waals surface area (Å²) in [5, 5.41) is 7.31. The molecule has 0 radical (unpaired) electrons. The van der Waals surface area contributed by atoms with Crippen molar-refractivity contribution < 1.29 is 31.0 Å². The molecule has 0 amide bonds. The van der Waals surface area contributed by atoms with Gasteiger partial charge >= 0.3 is 0 Å². The van der Waals surface area contributed by atoms with Crippen molar-refractivity contribution in [2.75, 3.05) is 0 Å². The van der Waals surface area contributed by atoms with E-state index in [4.69, 9.17) is 9.90 Å². The summed E-state index contributed by atoms with van der Waals surface area (Å²) in [7, 11) is 0. The molecule has 5 heavy (non-hydrogen) atoms. The van der Waals surface area contributed by atoms with Gasteiger partial charge in [0.25, 0.3) is 0 Å². The fraction of sp³-hybridized carbons (Fsp3) is 0. The van der Waals surface area contributed by atoms with E-state index in [2.05, 4.69) is 6.92 Å². The van der Waals surface area contributed by atoms with Crippen LogP contribution in [-0.2, 0) is 25.9 Å². The summed E-state index contributed by atoms with van der Waals surface area (Å²) in [6.45, 7) is 2.56. The van der Waals surface area contributed by atoms with E-state index < -0.39 is 5.97 Å². The first-order valence-corrected chi connectivity index (χ1v) is 0.781. The van der Waals surface area contributed by atoms with Gasteiger partial charge in [-0.25, -0.2) is 0 Å². The Labute approximate surface area is 44.4 Å². The van der Waals surface area contributed by atoms with Gasteiger partial charge in [-0.15, -0.1) is 0 Å². The first kappa shape index (κ1) is 8.90. The Morgan fingerprint density at radius 2 is 1.80 bits per heavy atom. The Bertz CT molecular complexity index is 30.6. The monoisotopic (exact) mass is 254 g/mol. The van der Waals surface area contributed by atoms with Crippen molar-refractivity contribution in [2.45, 2.75) is 0 Å². The van der Waals surface area contributed by atoms with Crippen molar-refractivity contribution in [3.8, 4) is 0 Å². The SMILES string of the molecule is [CH2-]C(=O)O.[Pt]. The summed E-state index contributed by atoms with van der Waals surface area (Å²) >= 11 is 0. The molecule has 0 heterocycles. The van der Waals surface area contributed by atoms with E-state index in [-0.39, 0.29) is 21.1 Å². The van der Waals surface area contributed by atoms with E-state index in [9.17, 15) is 0 Å². The average molecular weight is 254 g/mol. The van der Waals surface area contributed by atoms with Crippen LogP contribution >= 0.6 is 0 Å². The Morgan fingerprint density at radius 3 is 1.80 bits per heavy atom. The standard InChI is InChI=1S/C2H3O2.Pt/c1-2(3)4;/h1H2,(H,3,4);/q-1;. The third-order valence-electron chi connectivity index (χ3n) is 0. The number of hydrogen-bond donors (Lipinski definition) is 1. The molecule has 0 aliphatic heterocycles. The zero-order valence-electron chi connectivity index (χ0n) is 2.38. The van der Waals surface area contributed by atoms with Crippen LogP contribution in [0.1, 0.15) is 0 Å². The van der Waals surface area contributed by atoms with Crippen molar-refractivity contribution in [1.29, 1.82) is 0 Å². The minimum atomic E-state index is -1.08. The van der Waals surface area contributed by atoms with Gasteiger partial charge in [0.1, 0.15) is 0 Å². The predicted molar refractivity (Wildman–Crippen MR) is 13.0 cm³/mol. The van der Waals surface area contributed by atoms with Crippen molar-refractivity contribution in [1.82, 2.24) is 0 Å². The molecule has 0 saturated carbocycles. The van der Waals surface area contributed by atoms with Crippen LogP contribution in [0, 0.1) is 6.92 Å². The second-order valence-corrected chi connectivity index (χ2v) is 0.394. The topological polar surface area (TPSA) is 37.3 Å². The van der Waals surface area contributed by atoms with E-state index >= 15 is 0 Å². The summed E-state index contributed by atoms with van der Waals surface area (Å²) in [4.78, 5) is 8.89. The molecule has 0 bridgehead atoms. The van der Waals surface area contributed by atoms with Crippen LogP contribution in [0.25, 0.3) is 0 Å². The normalized spacial score (nSPS) is 4.80. The first-order chi connectivity index (χ1) is 1.73. The molecule has 0 aromatic carbocycles. The molecule has 2 nitrogen and oxygen atoms in total. The summed E-state index contributed by atoms with van der Waals surface area (Å²) < 4.78 is 0. The molecular weight excluding hydrogens is 251 g/mol. The third kappa shape index (κ3) is 20700. The van der Waals surface area contributed by atoms with Gasteiger partial charge in [-0.3, -0.25) is 11.7 Å². The Morgan fingerprint density at radius 1 is 1.80 bits per heavy atom. The summed E-state index contributed by atoms with van der Waals surface area (Å²) in [5.41, 5.74) is 0. The molecule has 3 heteroatoms. The molecule has 0 saturated heterocycles. The molecule has 0 rings (SSSR count). The fourth-order valence-corrected chi connectivity index (χ4v) is 0. The quantitative estimate of drug-likeness (QED) is 0.613. The van der Waals surface area contributed by atoms with E-state index in [1.54, 1.807) is 0 Å². The molecular formula is C2H3O2Pt-. The number of hydrogen-bond acceptors (Lipinski definition) is 1. The Kier molecular flexibility index (Phi) is 7.17. The van der Waals surface area contributed by atoms with Gasteiger partial charge in [0.15, 0.2) is 5.97 Å². The molecule has 0 aliphatic carbocycles. The summed E-state index contributed by atoms with van der Waals surface area (Å²) in [5.74, 6) is -1.08. The molecule has 0 atom stereocenters. The van der Waals surface area contributed by atoms with E-state index in [1.807, 2.05) is 0 Å². The van der Waals surface area contributed by atoms with Crippen LogP contribution in [0.5, 0.6) is 0 Å². The largest absolute Gasteiger partial charge is 0.503 e. The van der Waals surface area contributed by atoms with Crippen LogP contribution < -0.4 is 0 Å². The van der Waals surface area contributed by atoms with Crippen molar-refractivity contribution >= 4 is 5.97 Å². The van der Waals surface area contributed by atoms with Gasteiger partial charge in [0, 0.05) is 21.1 Å². The number of aliphatic carboxylic acids is 1. The van der Waals surface area contributed by atoms with E-state index in [0.29, 0.717) is 0 Å². The second-order valence-electron chi connectivity index (χ2n) is 0.394. The maximum atomic E-state index is 8.89. The first-order valence-electron chi connectivity index (χ1n) is 0.781. The van der Waals surface area contributed by atoms with Crippen molar-refractivity contribution in [2.24, 2.45) is 0 Å². The minimum absolute atomic E-state index is 0. The fourth-order valence-electron chi connectivity index (χ4n) is 0. The maximum absolute atomic E-state index is 8.89. The molecule has 1 N–H and O–H groups in total. The van der Waals surface area contributed by atoms with Gasteiger partial charge in [0.2, 0.25) is 0 Å². The van der Waals surface area contributed by atoms with E-state index in [0.717, 1.165) is 0 Å². The van der Waals surface area contributed by atoms with E-state index in [1.165, 1.54) is 0 Å². The van der Waals surface area contributed by atoms with Crippen molar-refractivity contribution in [3.05, 3.63) is 6.92 Å². The molecule has 34 valence electrons. The molecule has 0 unspecified atom stereocenters. The molecule has 0 aliphatic rings. The zero-order chi connectivity index (χ0) is 3.58. The summed E-state index contributed by atoms with van der Waals surface area (Å²) in [6, 6.07) is 0. The predicted octanol–water partition coefficient (Wildman–Crippen LogP) is -0.0974. The minimum Gasteiger partial charge on any atom is -0.503 e. The van der Waals surface area contributed by atoms with Gasteiger partial charge < -0.3 is 5.11 Å². The number of carbonyl (C=O) groups is 1. The van der Waals surface area contributed by atoms with Crippen LogP contribution in [0.15, 0.2) is 0 Å². The molecule has 0 aromatic rings. The van der Waals surface area contributed by atoms with Gasteiger partial charge in [-0.05, 0) is 0 Å². The van der Waals surface area contributed by atoms with Crippen molar-refractivity contribution in [3.63, 3.8) is 0 Å². The summed E-state index contributed by atoms with van der Waals surface area (Å²) in [6.07, 6.45) is 0. The van der Waals surface area contributed by atoms with Crippen LogP contribution in [0.3, 0.4) is 0 Å². The average Bonchev–Trinajstić information content (AvgIpc) is 0.811. The second kappa shape index (κ2) is 4.03. The number of carboxylic acid groups (broad SMARTS) is 1. The molecule has 0 spiro atoms. The molecule has 0 aromatic heterocycles. The van der Waals surface area contributed by atoms with Gasteiger partial charge in [-0.1, -0.05) is 0 Å².